The summed E-state index contributed by atoms with van der Waals surface area (Å²) in [7, 11) is 0. The Labute approximate surface area is 69.5 Å². The van der Waals surface area contributed by atoms with Crippen LogP contribution in [0.2, 0.25) is 0 Å². The monoisotopic (exact) mass is 154 g/mol. The normalized spacial score (nSPS) is 20.3. The molecule has 11 heavy (non-hydrogen) atoms. The van der Waals surface area contributed by atoms with Gasteiger partial charge in [0.25, 0.3) is 0 Å². The van der Waals surface area contributed by atoms with E-state index in [1.54, 1.807) is 0 Å². The van der Waals surface area contributed by atoms with Gasteiger partial charge in [-0.1, -0.05) is 13.5 Å². The highest BCUT2D eigenvalue weighted by Gasteiger charge is 2.11. The van der Waals surface area contributed by atoms with Gasteiger partial charge in [0.05, 0.1) is 0 Å². The summed E-state index contributed by atoms with van der Waals surface area (Å²) in [4.78, 5) is 4.80. The van der Waals surface area contributed by atoms with Crippen LogP contribution in [0.3, 0.4) is 0 Å². The molecule has 1 aliphatic rings. The average Bonchev–Trinajstić information content (AvgIpc) is 2.07. The lowest BCUT2D eigenvalue weighted by Gasteiger charge is -2.33. The third-order valence-electron chi connectivity index (χ3n) is 2.20. The van der Waals surface area contributed by atoms with Gasteiger partial charge < -0.3 is 4.90 Å². The molecule has 2 nitrogen and oxygen atoms in total. The Morgan fingerprint density at radius 3 is 2.36 bits per heavy atom. The highest BCUT2D eigenvalue weighted by Crippen LogP contribution is 2.01. The van der Waals surface area contributed by atoms with Gasteiger partial charge in [-0.2, -0.15) is 0 Å². The van der Waals surface area contributed by atoms with E-state index in [-0.39, 0.29) is 0 Å². The fraction of sp³-hybridized carbons (Fsp3) is 0.778. The number of rotatable bonds is 3. The Bertz CT molecular complexity index is 115. The number of hydrogen-bond donors (Lipinski definition) is 0. The van der Waals surface area contributed by atoms with E-state index >= 15 is 0 Å². The molecule has 0 aromatic heterocycles. The van der Waals surface area contributed by atoms with E-state index in [2.05, 4.69) is 23.3 Å². The molecule has 0 atom stereocenters. The Kier molecular flexibility index (Phi) is 3.43. The predicted molar refractivity (Wildman–Crippen MR) is 48.5 cm³/mol. The van der Waals surface area contributed by atoms with Crippen molar-refractivity contribution >= 4 is 0 Å². The molecule has 1 rings (SSSR count). The van der Waals surface area contributed by atoms with Gasteiger partial charge in [0.1, 0.15) is 0 Å². The largest absolute Gasteiger partial charge is 0.375 e. The fourth-order valence-corrected chi connectivity index (χ4v) is 1.49. The Balaban J connectivity index is 2.18. The van der Waals surface area contributed by atoms with Crippen LogP contribution in [-0.4, -0.2) is 42.5 Å². The van der Waals surface area contributed by atoms with E-state index in [1.165, 1.54) is 26.1 Å². The second-order valence-corrected chi connectivity index (χ2v) is 3.06. The van der Waals surface area contributed by atoms with Gasteiger partial charge in [-0.15, -0.1) is 0 Å². The molecule has 0 radical (unpaired) electrons. The van der Waals surface area contributed by atoms with Crippen molar-refractivity contribution in [1.82, 2.24) is 9.80 Å². The van der Waals surface area contributed by atoms with Crippen LogP contribution in [0.1, 0.15) is 13.3 Å². The van der Waals surface area contributed by atoms with Crippen LogP contribution in [0.15, 0.2) is 12.8 Å². The molecule has 0 amide bonds. The van der Waals surface area contributed by atoms with E-state index in [0.717, 1.165) is 13.1 Å². The van der Waals surface area contributed by atoms with Gasteiger partial charge >= 0.3 is 0 Å². The molecule has 0 saturated carbocycles. The van der Waals surface area contributed by atoms with Crippen LogP contribution >= 0.6 is 0 Å². The van der Waals surface area contributed by atoms with Crippen molar-refractivity contribution in [3.63, 3.8) is 0 Å². The third kappa shape index (κ3) is 2.54. The molecule has 0 N–H and O–H groups in total. The molecule has 0 aromatic rings. The van der Waals surface area contributed by atoms with Gasteiger partial charge in [-0.3, -0.25) is 4.90 Å². The predicted octanol–water partition coefficient (Wildman–Crippen LogP) is 1.16. The molecule has 0 aromatic carbocycles. The molecule has 2 heteroatoms. The highest BCUT2D eigenvalue weighted by atomic mass is 15.2. The van der Waals surface area contributed by atoms with E-state index < -0.39 is 0 Å². The summed E-state index contributed by atoms with van der Waals surface area (Å²) in [6, 6.07) is 0. The zero-order chi connectivity index (χ0) is 8.10. The lowest BCUT2D eigenvalue weighted by atomic mass is 10.3. The van der Waals surface area contributed by atoms with E-state index in [0.29, 0.717) is 0 Å². The summed E-state index contributed by atoms with van der Waals surface area (Å²) in [5.74, 6) is 0. The fourth-order valence-electron chi connectivity index (χ4n) is 1.49. The average molecular weight is 154 g/mol. The van der Waals surface area contributed by atoms with Crippen LogP contribution in [0.5, 0.6) is 0 Å². The summed E-state index contributed by atoms with van der Waals surface area (Å²) in [6.45, 7) is 12.0. The Hall–Kier alpha value is -0.500. The molecule has 0 bridgehead atoms. The zero-order valence-electron chi connectivity index (χ0n) is 7.42. The minimum absolute atomic E-state index is 1.16. The van der Waals surface area contributed by atoms with Crippen molar-refractivity contribution < 1.29 is 0 Å². The first kappa shape index (κ1) is 8.60. The minimum atomic E-state index is 1.16. The second kappa shape index (κ2) is 4.39. The van der Waals surface area contributed by atoms with Crippen molar-refractivity contribution in [3.8, 4) is 0 Å². The summed E-state index contributed by atoms with van der Waals surface area (Å²) in [5, 5.41) is 0. The maximum atomic E-state index is 3.76. The molecule has 0 spiro atoms. The first-order valence-corrected chi connectivity index (χ1v) is 4.45. The Morgan fingerprint density at radius 1 is 1.27 bits per heavy atom. The molecular formula is C9H18N2. The first-order valence-electron chi connectivity index (χ1n) is 4.45. The van der Waals surface area contributed by atoms with Gasteiger partial charge in [0, 0.05) is 26.2 Å². The van der Waals surface area contributed by atoms with Crippen molar-refractivity contribution in [3.05, 3.63) is 12.8 Å². The molecule has 0 aliphatic carbocycles. The van der Waals surface area contributed by atoms with Crippen LogP contribution in [0.25, 0.3) is 0 Å². The SMILES string of the molecule is C=CN1CCN(CCC)CC1. The summed E-state index contributed by atoms with van der Waals surface area (Å²) in [5.41, 5.74) is 0. The van der Waals surface area contributed by atoms with Crippen molar-refractivity contribution in [1.29, 1.82) is 0 Å². The van der Waals surface area contributed by atoms with Crippen molar-refractivity contribution in [2.45, 2.75) is 13.3 Å². The topological polar surface area (TPSA) is 6.48 Å². The van der Waals surface area contributed by atoms with Crippen LogP contribution < -0.4 is 0 Å². The first-order chi connectivity index (χ1) is 5.36. The van der Waals surface area contributed by atoms with Gasteiger partial charge in [0.2, 0.25) is 0 Å². The van der Waals surface area contributed by atoms with Crippen LogP contribution in [-0.2, 0) is 0 Å². The Morgan fingerprint density at radius 2 is 1.91 bits per heavy atom. The molecule has 64 valence electrons. The van der Waals surface area contributed by atoms with E-state index in [1.807, 2.05) is 6.20 Å². The smallest absolute Gasteiger partial charge is 0.0300 e. The summed E-state index contributed by atoms with van der Waals surface area (Å²) < 4.78 is 0. The van der Waals surface area contributed by atoms with Crippen LogP contribution in [0, 0.1) is 0 Å². The second-order valence-electron chi connectivity index (χ2n) is 3.06. The number of nitrogens with zero attached hydrogens (tertiary/aromatic N) is 2. The van der Waals surface area contributed by atoms with Crippen molar-refractivity contribution in [2.75, 3.05) is 32.7 Å². The molecule has 1 aliphatic heterocycles. The molecule has 1 saturated heterocycles. The van der Waals surface area contributed by atoms with Crippen molar-refractivity contribution in [2.24, 2.45) is 0 Å². The molecule has 1 heterocycles. The summed E-state index contributed by atoms with van der Waals surface area (Å²) in [6.07, 6.45) is 3.22. The third-order valence-corrected chi connectivity index (χ3v) is 2.20. The summed E-state index contributed by atoms with van der Waals surface area (Å²) >= 11 is 0. The maximum absolute atomic E-state index is 3.76. The number of hydrogen-bond acceptors (Lipinski definition) is 2. The lowest BCUT2D eigenvalue weighted by molar-refractivity contribution is 0.169. The quantitative estimate of drug-likeness (QED) is 0.602. The maximum Gasteiger partial charge on any atom is 0.0300 e. The van der Waals surface area contributed by atoms with Gasteiger partial charge in [-0.05, 0) is 19.2 Å². The number of piperazine rings is 1. The zero-order valence-corrected chi connectivity index (χ0v) is 7.42. The lowest BCUT2D eigenvalue weighted by Crippen LogP contribution is -2.44. The standard InChI is InChI=1S/C9H18N2/c1-3-5-11-8-6-10(4-2)7-9-11/h4H,2-3,5-9H2,1H3. The minimum Gasteiger partial charge on any atom is -0.375 e. The highest BCUT2D eigenvalue weighted by molar-refractivity contribution is 4.78. The molecular weight excluding hydrogens is 136 g/mol. The van der Waals surface area contributed by atoms with Gasteiger partial charge in [-0.25, -0.2) is 0 Å². The van der Waals surface area contributed by atoms with Crippen LogP contribution in [0.4, 0.5) is 0 Å². The molecule has 1 fully saturated rings. The van der Waals surface area contributed by atoms with E-state index in [9.17, 15) is 0 Å². The molecule has 0 unspecified atom stereocenters. The van der Waals surface area contributed by atoms with E-state index in [4.69, 9.17) is 0 Å². The van der Waals surface area contributed by atoms with Gasteiger partial charge in [0.15, 0.2) is 0 Å².